The van der Waals surface area contributed by atoms with E-state index in [-0.39, 0.29) is 0 Å². The average molecular weight is 634 g/mol. The molecule has 1 aromatic heterocycles. The van der Waals surface area contributed by atoms with Crippen LogP contribution in [0.5, 0.6) is 0 Å². The summed E-state index contributed by atoms with van der Waals surface area (Å²) in [6.45, 7) is 0. The van der Waals surface area contributed by atoms with E-state index in [0.29, 0.717) is 0 Å². The van der Waals surface area contributed by atoms with Gasteiger partial charge in [0.1, 0.15) is 0 Å². The molecule has 0 saturated carbocycles. The van der Waals surface area contributed by atoms with Gasteiger partial charge in [-0.25, -0.2) is 0 Å². The Labute approximate surface area is 287 Å². The van der Waals surface area contributed by atoms with Gasteiger partial charge in [-0.15, -0.1) is 11.3 Å². The van der Waals surface area contributed by atoms with Gasteiger partial charge in [0.25, 0.3) is 0 Å². The first-order chi connectivity index (χ1) is 23.8. The molecule has 1 aliphatic rings. The number of benzene rings is 6. The summed E-state index contributed by atoms with van der Waals surface area (Å²) < 4.78 is 0. The lowest BCUT2D eigenvalue weighted by molar-refractivity contribution is 0.965. The summed E-state index contributed by atoms with van der Waals surface area (Å²) in [7, 11) is 0. The van der Waals surface area contributed by atoms with E-state index in [0.717, 1.165) is 24.2 Å². The van der Waals surface area contributed by atoms with Crippen molar-refractivity contribution < 1.29 is 0 Å². The smallest absolute Gasteiger partial charge is 0.0999 e. The molecule has 0 N–H and O–H groups in total. The zero-order valence-electron chi connectivity index (χ0n) is 26.7. The Hall–Kier alpha value is -5.70. The lowest BCUT2D eigenvalue weighted by Gasteiger charge is -2.24. The van der Waals surface area contributed by atoms with Gasteiger partial charge < -0.3 is 4.90 Å². The molecule has 0 saturated heterocycles. The summed E-state index contributed by atoms with van der Waals surface area (Å²) in [5.74, 6) is 0. The van der Waals surface area contributed by atoms with Gasteiger partial charge in [-0.05, 0) is 122 Å². The molecule has 0 spiro atoms. The predicted octanol–water partition coefficient (Wildman–Crippen LogP) is 12.5. The van der Waals surface area contributed by atoms with Gasteiger partial charge in [-0.2, -0.15) is 0 Å². The molecule has 0 aliphatic heterocycles. The first-order valence-electron chi connectivity index (χ1n) is 16.5. The van der Waals surface area contributed by atoms with Gasteiger partial charge in [0, 0.05) is 11.4 Å². The van der Waals surface area contributed by atoms with Crippen molar-refractivity contribution in [1.29, 1.82) is 0 Å². The van der Waals surface area contributed by atoms with Crippen molar-refractivity contribution in [2.75, 3.05) is 4.90 Å². The highest BCUT2D eigenvalue weighted by atomic mass is 32.1. The molecule has 230 valence electrons. The number of fused-ring (bicyclic) bond motifs is 2. The van der Waals surface area contributed by atoms with Crippen molar-refractivity contribution in [1.82, 2.24) is 0 Å². The number of anilines is 3. The summed E-state index contributed by atoms with van der Waals surface area (Å²) in [4.78, 5) is 2.35. The molecule has 0 bridgehead atoms. The summed E-state index contributed by atoms with van der Waals surface area (Å²) in [5, 5.41) is 3.33. The van der Waals surface area contributed by atoms with Crippen molar-refractivity contribution in [2.24, 2.45) is 0 Å². The topological polar surface area (TPSA) is 3.24 Å². The second-order valence-corrected chi connectivity index (χ2v) is 13.1. The van der Waals surface area contributed by atoms with Crippen LogP contribution in [-0.4, -0.2) is 0 Å². The Morgan fingerprint density at radius 3 is 1.50 bits per heavy atom. The van der Waals surface area contributed by atoms with E-state index >= 15 is 0 Å². The Balaban J connectivity index is 1.14. The van der Waals surface area contributed by atoms with Crippen LogP contribution in [0.2, 0.25) is 0 Å². The van der Waals surface area contributed by atoms with Gasteiger partial charge in [0.05, 0.1) is 5.00 Å². The number of rotatable bonds is 7. The summed E-state index contributed by atoms with van der Waals surface area (Å²) in [5.41, 5.74) is 15.1. The van der Waals surface area contributed by atoms with Crippen molar-refractivity contribution in [3.05, 3.63) is 220 Å². The first-order valence-corrected chi connectivity index (χ1v) is 17.4. The third-order valence-electron chi connectivity index (χ3n) is 9.10. The van der Waals surface area contributed by atoms with E-state index in [2.05, 4.69) is 192 Å². The van der Waals surface area contributed by atoms with E-state index in [1.54, 1.807) is 11.3 Å². The molecule has 0 atom stereocenters. The van der Waals surface area contributed by atoms with Crippen molar-refractivity contribution in [3.63, 3.8) is 0 Å². The number of nitrogens with zero attached hydrogens (tertiary/aromatic N) is 1. The first kappa shape index (κ1) is 29.7. The van der Waals surface area contributed by atoms with E-state index < -0.39 is 0 Å². The van der Waals surface area contributed by atoms with Gasteiger partial charge >= 0.3 is 0 Å². The summed E-state index contributed by atoms with van der Waals surface area (Å²) in [6, 6.07) is 61.2. The molecule has 1 aliphatic carbocycles. The fourth-order valence-corrected chi connectivity index (χ4v) is 7.48. The van der Waals surface area contributed by atoms with Crippen LogP contribution in [0.15, 0.2) is 175 Å². The van der Waals surface area contributed by atoms with Crippen LogP contribution < -0.4 is 4.90 Å². The normalized spacial score (nSPS) is 12.0. The molecular formula is C46H35NS. The molecule has 1 heterocycles. The molecule has 1 nitrogen and oxygen atoms in total. The van der Waals surface area contributed by atoms with Crippen LogP contribution in [0.4, 0.5) is 16.4 Å². The minimum atomic E-state index is 1.06. The molecule has 0 unspecified atom stereocenters. The van der Waals surface area contributed by atoms with Crippen LogP contribution >= 0.6 is 11.3 Å². The third kappa shape index (κ3) is 6.19. The van der Waals surface area contributed by atoms with E-state index in [4.69, 9.17) is 0 Å². The van der Waals surface area contributed by atoms with Crippen LogP contribution in [-0.2, 0) is 12.8 Å². The fourth-order valence-electron chi connectivity index (χ4n) is 6.71. The molecule has 6 aromatic carbocycles. The van der Waals surface area contributed by atoms with Crippen molar-refractivity contribution in [2.45, 2.75) is 12.8 Å². The minimum absolute atomic E-state index is 1.06. The summed E-state index contributed by atoms with van der Waals surface area (Å²) in [6.07, 6.45) is 6.78. The Morgan fingerprint density at radius 2 is 0.979 bits per heavy atom. The second kappa shape index (κ2) is 13.6. The maximum atomic E-state index is 2.36. The molecular weight excluding hydrogens is 599 g/mol. The highest BCUT2D eigenvalue weighted by Gasteiger charge is 2.18. The van der Waals surface area contributed by atoms with Crippen LogP contribution in [0, 0.1) is 0 Å². The number of aryl methyl sites for hydroxylation is 2. The molecule has 48 heavy (non-hydrogen) atoms. The Bertz CT molecular complexity index is 2100. The van der Waals surface area contributed by atoms with Crippen LogP contribution in [0.25, 0.3) is 23.3 Å². The quantitative estimate of drug-likeness (QED) is 0.158. The summed E-state index contributed by atoms with van der Waals surface area (Å²) >= 11 is 1.75. The highest BCUT2D eigenvalue weighted by Crippen LogP contribution is 2.39. The van der Waals surface area contributed by atoms with Gasteiger partial charge in [0.2, 0.25) is 0 Å². The van der Waals surface area contributed by atoms with Crippen LogP contribution in [0.1, 0.15) is 44.5 Å². The Kier molecular flexibility index (Phi) is 8.39. The third-order valence-corrected chi connectivity index (χ3v) is 9.95. The van der Waals surface area contributed by atoms with Gasteiger partial charge in [0.15, 0.2) is 0 Å². The zero-order valence-corrected chi connectivity index (χ0v) is 27.5. The monoisotopic (exact) mass is 633 g/mol. The van der Waals surface area contributed by atoms with E-state index in [9.17, 15) is 0 Å². The van der Waals surface area contributed by atoms with Gasteiger partial charge in [-0.1, -0.05) is 133 Å². The van der Waals surface area contributed by atoms with Crippen LogP contribution in [0.3, 0.4) is 0 Å². The molecule has 0 fully saturated rings. The van der Waals surface area contributed by atoms with Crippen molar-refractivity contribution in [3.8, 4) is 0 Å². The number of thiophene rings is 1. The largest absolute Gasteiger partial charge is 0.302 e. The maximum absolute atomic E-state index is 2.36. The fraction of sp³-hybridized carbons (Fsp3) is 0.0435. The molecule has 7 aromatic rings. The lowest BCUT2D eigenvalue weighted by Crippen LogP contribution is -2.08. The average Bonchev–Trinajstić information content (AvgIpc) is 3.64. The number of hydrogen-bond donors (Lipinski definition) is 0. The predicted molar refractivity (Wildman–Crippen MR) is 206 cm³/mol. The maximum Gasteiger partial charge on any atom is 0.0999 e. The highest BCUT2D eigenvalue weighted by molar-refractivity contribution is 7.14. The number of hydrogen-bond acceptors (Lipinski definition) is 2. The minimum Gasteiger partial charge on any atom is -0.302 e. The molecule has 0 amide bonds. The molecule has 0 radical (unpaired) electrons. The van der Waals surface area contributed by atoms with Crippen molar-refractivity contribution >= 4 is 51.0 Å². The second-order valence-electron chi connectivity index (χ2n) is 12.1. The Morgan fingerprint density at radius 1 is 0.479 bits per heavy atom. The van der Waals surface area contributed by atoms with Gasteiger partial charge in [-0.3, -0.25) is 0 Å². The zero-order chi connectivity index (χ0) is 32.1. The molecule has 2 heteroatoms. The molecule has 8 rings (SSSR count). The standard InChI is InChI=1S/C46H35NS/c1-3-12-36(13-4-1)44(37-14-5-2-6-15-37)32-34-21-27-40(28-22-34)47(46-20-11-31-48-46)41-29-23-35(24-30-41)33-45-42-18-9-7-16-38(42)25-26-39-17-8-10-19-43(39)45/h1-24,27-33H,25-26H2. The van der Waals surface area contributed by atoms with E-state index in [1.165, 1.54) is 60.7 Å². The van der Waals surface area contributed by atoms with E-state index in [1.807, 2.05) is 0 Å². The lowest BCUT2D eigenvalue weighted by atomic mass is 9.92. The SMILES string of the molecule is C(=C(c1ccccc1)c1ccccc1)c1ccc(N(c2ccc(C=C3c4ccccc4CCc4ccccc43)cc2)c2cccs2)cc1.